The van der Waals surface area contributed by atoms with Crippen molar-refractivity contribution in [2.45, 2.75) is 18.9 Å². The van der Waals surface area contributed by atoms with Crippen molar-refractivity contribution in [3.63, 3.8) is 0 Å². The Balaban J connectivity index is 1.49. The van der Waals surface area contributed by atoms with Crippen LogP contribution in [0.2, 0.25) is 15.1 Å². The van der Waals surface area contributed by atoms with Crippen LogP contribution in [0.3, 0.4) is 0 Å². The lowest BCUT2D eigenvalue weighted by atomic mass is 9.96. The van der Waals surface area contributed by atoms with E-state index in [1.807, 2.05) is 0 Å². The molecule has 1 aliphatic rings. The van der Waals surface area contributed by atoms with Gasteiger partial charge in [-0.05, 0) is 50.0 Å². The minimum atomic E-state index is -0.885. The number of nitrogen functional groups attached to an aromatic ring is 1. The number of primary amides is 1. The lowest BCUT2D eigenvalue weighted by Gasteiger charge is -2.34. The predicted molar refractivity (Wildman–Crippen MR) is 140 cm³/mol. The average Bonchev–Trinajstić information content (AvgIpc) is 2.84. The third kappa shape index (κ3) is 7.70. The molecule has 0 radical (unpaired) electrons. The highest BCUT2D eigenvalue weighted by atomic mass is 35.5. The summed E-state index contributed by atoms with van der Waals surface area (Å²) in [6.45, 7) is 2.50. The number of nitrogens with one attached hydrogen (secondary N) is 1. The van der Waals surface area contributed by atoms with E-state index < -0.39 is 12.2 Å². The number of hydrogen-bond acceptors (Lipinski definition) is 7. The molecule has 9 nitrogen and oxygen atoms in total. The van der Waals surface area contributed by atoms with E-state index in [2.05, 4.69) is 10.2 Å². The van der Waals surface area contributed by atoms with Gasteiger partial charge in [-0.25, -0.2) is 4.79 Å². The van der Waals surface area contributed by atoms with Crippen LogP contribution < -0.4 is 26.3 Å². The molecular formula is C24H29Cl3N4O5. The van der Waals surface area contributed by atoms with E-state index in [0.717, 1.165) is 25.9 Å². The van der Waals surface area contributed by atoms with Crippen LogP contribution in [0.15, 0.2) is 30.3 Å². The maximum absolute atomic E-state index is 12.7. The zero-order valence-corrected chi connectivity index (χ0v) is 22.0. The van der Waals surface area contributed by atoms with E-state index in [1.165, 1.54) is 19.2 Å². The number of likely N-dealkylation sites (tertiary alicyclic amines) is 1. The van der Waals surface area contributed by atoms with Crippen molar-refractivity contribution < 1.29 is 23.8 Å². The number of hydrogen-bond donors (Lipinski definition) is 3. The summed E-state index contributed by atoms with van der Waals surface area (Å²) in [5.41, 5.74) is 11.7. The minimum absolute atomic E-state index is 0.0500. The highest BCUT2D eigenvalue weighted by Crippen LogP contribution is 2.32. The minimum Gasteiger partial charge on any atom is -0.496 e. The Kier molecular flexibility index (Phi) is 10.2. The summed E-state index contributed by atoms with van der Waals surface area (Å²) in [7, 11) is 1.47. The predicted octanol–water partition coefficient (Wildman–Crippen LogP) is 4.22. The number of benzene rings is 2. The molecule has 1 aliphatic heterocycles. The Morgan fingerprint density at radius 1 is 1.14 bits per heavy atom. The van der Waals surface area contributed by atoms with Crippen LogP contribution >= 0.6 is 34.8 Å². The van der Waals surface area contributed by atoms with Gasteiger partial charge in [0.25, 0.3) is 5.91 Å². The van der Waals surface area contributed by atoms with Gasteiger partial charge >= 0.3 is 6.09 Å². The molecule has 1 saturated heterocycles. The number of nitrogens with zero attached hydrogens (tertiary/aromatic N) is 1. The van der Waals surface area contributed by atoms with Crippen LogP contribution in [0.5, 0.6) is 11.5 Å². The average molecular weight is 560 g/mol. The Labute approximate surface area is 224 Å². The number of amides is 2. The second-order valence-electron chi connectivity index (χ2n) is 8.45. The fourth-order valence-electron chi connectivity index (χ4n) is 3.99. The van der Waals surface area contributed by atoms with Crippen molar-refractivity contribution in [3.8, 4) is 11.5 Å². The second kappa shape index (κ2) is 13.1. The Hall–Kier alpha value is -2.59. The molecule has 0 bridgehead atoms. The number of rotatable bonds is 10. The van der Waals surface area contributed by atoms with E-state index in [0.29, 0.717) is 50.9 Å². The fraction of sp³-hybridized carbons (Fsp3) is 0.417. The molecule has 2 aromatic rings. The maximum atomic E-state index is 12.7. The van der Waals surface area contributed by atoms with Crippen LogP contribution in [0.25, 0.3) is 0 Å². The summed E-state index contributed by atoms with van der Waals surface area (Å²) >= 11 is 18.4. The summed E-state index contributed by atoms with van der Waals surface area (Å²) in [6, 6.07) is 8.07. The molecule has 1 fully saturated rings. The monoisotopic (exact) mass is 558 g/mol. The van der Waals surface area contributed by atoms with Crippen LogP contribution in [0.1, 0.15) is 23.2 Å². The van der Waals surface area contributed by atoms with Crippen molar-refractivity contribution in [3.05, 3.63) is 51.0 Å². The molecule has 3 rings (SSSR count). The van der Waals surface area contributed by atoms with Gasteiger partial charge in [-0.15, -0.1) is 0 Å². The van der Waals surface area contributed by atoms with Gasteiger partial charge in [0.2, 0.25) is 0 Å². The number of methoxy groups -OCH3 is 1. The topological polar surface area (TPSA) is 129 Å². The van der Waals surface area contributed by atoms with Gasteiger partial charge in [0.15, 0.2) is 11.9 Å². The summed E-state index contributed by atoms with van der Waals surface area (Å²) in [4.78, 5) is 26.3. The third-order valence-corrected chi connectivity index (χ3v) is 6.82. The first kappa shape index (κ1) is 28.0. The molecule has 36 heavy (non-hydrogen) atoms. The molecule has 196 valence electrons. The van der Waals surface area contributed by atoms with Crippen LogP contribution in [0, 0.1) is 5.92 Å². The fourth-order valence-corrected chi connectivity index (χ4v) is 4.66. The van der Waals surface area contributed by atoms with Gasteiger partial charge in [-0.3, -0.25) is 9.69 Å². The van der Waals surface area contributed by atoms with Crippen LogP contribution in [0.4, 0.5) is 10.5 Å². The van der Waals surface area contributed by atoms with Crippen molar-refractivity contribution in [1.82, 2.24) is 10.2 Å². The highest BCUT2D eigenvalue weighted by molar-refractivity contribution is 6.37. The van der Waals surface area contributed by atoms with E-state index in [1.54, 1.807) is 18.2 Å². The SMILES string of the molecule is COc1cc(N)c(Cl)cc1C(=O)NCC1CCN(CC(COc2c(Cl)cccc2Cl)OC(N)=O)CC1. The first-order valence-corrected chi connectivity index (χ1v) is 12.5. The summed E-state index contributed by atoms with van der Waals surface area (Å²) in [6.07, 6.45) is 0.208. The number of anilines is 1. The van der Waals surface area contributed by atoms with E-state index in [-0.39, 0.29) is 18.4 Å². The van der Waals surface area contributed by atoms with Crippen LogP contribution in [-0.2, 0) is 4.74 Å². The standard InChI is InChI=1S/C24H29Cl3N4O5/c1-34-21-10-20(28)19(27)9-16(21)23(32)30-11-14-5-7-31(8-6-14)12-15(36-24(29)33)13-35-22-17(25)3-2-4-18(22)26/h2-4,9-10,14-15H,5-8,11-13,28H2,1H3,(H2,29,33)(H,30,32). The Morgan fingerprint density at radius 2 is 1.81 bits per heavy atom. The number of ether oxygens (including phenoxy) is 3. The largest absolute Gasteiger partial charge is 0.496 e. The summed E-state index contributed by atoms with van der Waals surface area (Å²) < 4.78 is 16.2. The molecule has 2 aromatic carbocycles. The number of halogens is 3. The number of carbonyl (C=O) groups excluding carboxylic acids is 2. The quantitative estimate of drug-likeness (QED) is 0.372. The number of nitrogens with two attached hydrogens (primary N) is 2. The molecule has 0 aliphatic carbocycles. The summed E-state index contributed by atoms with van der Waals surface area (Å²) in [5, 5.41) is 3.97. The Bertz CT molecular complexity index is 1060. The van der Waals surface area contributed by atoms with Gasteiger partial charge in [-0.1, -0.05) is 40.9 Å². The molecule has 0 aromatic heterocycles. The van der Waals surface area contributed by atoms with Gasteiger partial charge < -0.3 is 31.0 Å². The molecule has 1 atom stereocenters. The van der Waals surface area contributed by atoms with Gasteiger partial charge in [-0.2, -0.15) is 0 Å². The molecule has 2 amide bonds. The lowest BCUT2D eigenvalue weighted by molar-refractivity contribution is 0.0367. The zero-order chi connectivity index (χ0) is 26.2. The molecule has 0 saturated carbocycles. The first-order valence-electron chi connectivity index (χ1n) is 11.3. The number of piperidine rings is 1. The third-order valence-electron chi connectivity index (χ3n) is 5.90. The smallest absolute Gasteiger partial charge is 0.404 e. The van der Waals surface area contributed by atoms with Crippen molar-refractivity contribution in [2.24, 2.45) is 11.7 Å². The van der Waals surface area contributed by atoms with E-state index >= 15 is 0 Å². The van der Waals surface area contributed by atoms with E-state index in [9.17, 15) is 9.59 Å². The Morgan fingerprint density at radius 3 is 2.42 bits per heavy atom. The maximum Gasteiger partial charge on any atom is 0.404 e. The van der Waals surface area contributed by atoms with Crippen LogP contribution in [-0.4, -0.2) is 62.9 Å². The molecule has 12 heteroatoms. The first-order chi connectivity index (χ1) is 17.2. The molecular weight excluding hydrogens is 531 g/mol. The number of para-hydroxylation sites is 1. The molecule has 5 N–H and O–H groups in total. The zero-order valence-electron chi connectivity index (χ0n) is 19.8. The molecule has 1 heterocycles. The molecule has 1 unspecified atom stereocenters. The van der Waals surface area contributed by atoms with E-state index in [4.69, 9.17) is 60.5 Å². The lowest BCUT2D eigenvalue weighted by Crippen LogP contribution is -2.44. The highest BCUT2D eigenvalue weighted by Gasteiger charge is 2.25. The summed E-state index contributed by atoms with van der Waals surface area (Å²) in [5.74, 6) is 0.702. The van der Waals surface area contributed by atoms with Crippen molar-refractivity contribution >= 4 is 52.5 Å². The van der Waals surface area contributed by atoms with Crippen molar-refractivity contribution in [2.75, 3.05) is 45.6 Å². The number of carbonyl (C=O) groups is 2. The van der Waals surface area contributed by atoms with Gasteiger partial charge in [0, 0.05) is 19.2 Å². The van der Waals surface area contributed by atoms with Crippen molar-refractivity contribution in [1.29, 1.82) is 0 Å². The second-order valence-corrected chi connectivity index (χ2v) is 9.67. The normalized spacial score (nSPS) is 15.2. The van der Waals surface area contributed by atoms with Gasteiger partial charge in [0.05, 0.1) is 33.4 Å². The van der Waals surface area contributed by atoms with Gasteiger partial charge in [0.1, 0.15) is 12.4 Å². The molecule has 0 spiro atoms.